The number of sulfone groups is 1. The molecule has 0 saturated heterocycles. The number of hydrogen-bond acceptors (Lipinski definition) is 5. The predicted octanol–water partition coefficient (Wildman–Crippen LogP) is -0.198. The zero-order valence-electron chi connectivity index (χ0n) is 9.44. The molecule has 0 aromatic carbocycles. The Morgan fingerprint density at radius 1 is 1.27 bits per heavy atom. The van der Waals surface area contributed by atoms with Gasteiger partial charge in [0.2, 0.25) is 0 Å². The molecule has 0 saturated carbocycles. The summed E-state index contributed by atoms with van der Waals surface area (Å²) in [6, 6.07) is 0. The van der Waals surface area contributed by atoms with Crippen LogP contribution in [0.25, 0.3) is 0 Å². The third-order valence-corrected chi connectivity index (χ3v) is 4.33. The van der Waals surface area contributed by atoms with Gasteiger partial charge in [-0.15, -0.1) is 0 Å². The standard InChI is InChI=1S/C9H21NO4S/c1-9(3-4-10)15(11,12)8-7-14-6-5-13-2/h9H,3-8,10H2,1-2H3. The van der Waals surface area contributed by atoms with Gasteiger partial charge in [0.1, 0.15) is 0 Å². The van der Waals surface area contributed by atoms with Crippen molar-refractivity contribution in [1.82, 2.24) is 0 Å². The summed E-state index contributed by atoms with van der Waals surface area (Å²) in [5, 5.41) is -0.381. The van der Waals surface area contributed by atoms with E-state index in [1.165, 1.54) is 0 Å². The Bertz CT molecular complexity index is 240. The minimum atomic E-state index is -3.06. The third-order valence-electron chi connectivity index (χ3n) is 2.13. The first-order valence-electron chi connectivity index (χ1n) is 5.03. The van der Waals surface area contributed by atoms with Crippen LogP contribution in [0.4, 0.5) is 0 Å². The van der Waals surface area contributed by atoms with Crippen molar-refractivity contribution in [2.75, 3.05) is 39.2 Å². The predicted molar refractivity (Wildman–Crippen MR) is 59.6 cm³/mol. The Morgan fingerprint density at radius 3 is 2.47 bits per heavy atom. The molecule has 0 spiro atoms. The largest absolute Gasteiger partial charge is 0.382 e. The van der Waals surface area contributed by atoms with Crippen LogP contribution in [0.3, 0.4) is 0 Å². The van der Waals surface area contributed by atoms with Gasteiger partial charge in [-0.05, 0) is 19.9 Å². The molecule has 2 N–H and O–H groups in total. The monoisotopic (exact) mass is 239 g/mol. The number of rotatable bonds is 9. The van der Waals surface area contributed by atoms with Gasteiger partial charge in [0.15, 0.2) is 9.84 Å². The molecule has 6 heteroatoms. The fraction of sp³-hybridized carbons (Fsp3) is 1.00. The molecule has 0 rings (SSSR count). The van der Waals surface area contributed by atoms with Crippen molar-refractivity contribution >= 4 is 9.84 Å². The van der Waals surface area contributed by atoms with Gasteiger partial charge in [-0.1, -0.05) is 0 Å². The quantitative estimate of drug-likeness (QED) is 0.564. The maximum Gasteiger partial charge on any atom is 0.155 e. The molecular weight excluding hydrogens is 218 g/mol. The summed E-state index contributed by atoms with van der Waals surface area (Å²) >= 11 is 0. The van der Waals surface area contributed by atoms with Gasteiger partial charge >= 0.3 is 0 Å². The zero-order valence-corrected chi connectivity index (χ0v) is 10.3. The molecule has 0 aliphatic rings. The summed E-state index contributed by atoms with van der Waals surface area (Å²) in [5.41, 5.74) is 5.31. The highest BCUT2D eigenvalue weighted by molar-refractivity contribution is 7.92. The minimum Gasteiger partial charge on any atom is -0.382 e. The lowest BCUT2D eigenvalue weighted by Crippen LogP contribution is -2.26. The van der Waals surface area contributed by atoms with E-state index in [0.29, 0.717) is 26.2 Å². The fourth-order valence-corrected chi connectivity index (χ4v) is 2.28. The summed E-state index contributed by atoms with van der Waals surface area (Å²) in [6.45, 7) is 3.21. The maximum absolute atomic E-state index is 11.6. The molecule has 0 aromatic heterocycles. The van der Waals surface area contributed by atoms with E-state index >= 15 is 0 Å². The van der Waals surface area contributed by atoms with Crippen LogP contribution in [0.5, 0.6) is 0 Å². The van der Waals surface area contributed by atoms with Crippen LogP contribution in [-0.2, 0) is 19.3 Å². The summed E-state index contributed by atoms with van der Waals surface area (Å²) in [7, 11) is -1.48. The highest BCUT2D eigenvalue weighted by atomic mass is 32.2. The van der Waals surface area contributed by atoms with Gasteiger partial charge in [-0.25, -0.2) is 8.42 Å². The minimum absolute atomic E-state index is 0.0535. The molecule has 0 fully saturated rings. The fourth-order valence-electron chi connectivity index (χ4n) is 1.03. The second-order valence-corrected chi connectivity index (χ2v) is 5.90. The smallest absolute Gasteiger partial charge is 0.155 e. The van der Waals surface area contributed by atoms with Gasteiger partial charge in [-0.3, -0.25) is 0 Å². The Balaban J connectivity index is 3.74. The van der Waals surface area contributed by atoms with Crippen LogP contribution in [0.1, 0.15) is 13.3 Å². The van der Waals surface area contributed by atoms with Gasteiger partial charge in [-0.2, -0.15) is 0 Å². The summed E-state index contributed by atoms with van der Waals surface area (Å²) in [5.74, 6) is 0.0535. The molecule has 0 amide bonds. The number of hydrogen-bond donors (Lipinski definition) is 1. The SMILES string of the molecule is COCCOCCS(=O)(=O)C(C)CCN. The Labute approximate surface area is 91.9 Å². The van der Waals surface area contributed by atoms with Crippen molar-refractivity contribution in [3.63, 3.8) is 0 Å². The molecule has 0 aliphatic carbocycles. The van der Waals surface area contributed by atoms with E-state index in [1.807, 2.05) is 0 Å². The van der Waals surface area contributed by atoms with Crippen molar-refractivity contribution in [3.8, 4) is 0 Å². The molecule has 0 bridgehead atoms. The normalized spacial score (nSPS) is 14.1. The molecule has 0 heterocycles. The Hall–Kier alpha value is -0.170. The molecule has 0 aromatic rings. The first-order chi connectivity index (χ1) is 7.04. The average Bonchev–Trinajstić information content (AvgIpc) is 2.18. The van der Waals surface area contributed by atoms with Gasteiger partial charge in [0.05, 0.1) is 30.8 Å². The second kappa shape index (κ2) is 8.04. The molecule has 5 nitrogen and oxygen atoms in total. The van der Waals surface area contributed by atoms with Crippen molar-refractivity contribution in [3.05, 3.63) is 0 Å². The van der Waals surface area contributed by atoms with E-state index in [4.69, 9.17) is 15.2 Å². The first-order valence-corrected chi connectivity index (χ1v) is 6.74. The van der Waals surface area contributed by atoms with Gasteiger partial charge in [0.25, 0.3) is 0 Å². The van der Waals surface area contributed by atoms with E-state index in [9.17, 15) is 8.42 Å². The zero-order chi connectivity index (χ0) is 11.7. The van der Waals surface area contributed by atoms with Crippen molar-refractivity contribution < 1.29 is 17.9 Å². The second-order valence-electron chi connectivity index (χ2n) is 3.36. The van der Waals surface area contributed by atoms with Crippen LogP contribution < -0.4 is 5.73 Å². The van der Waals surface area contributed by atoms with Gasteiger partial charge in [0, 0.05) is 7.11 Å². The number of ether oxygens (including phenoxy) is 2. The summed E-state index contributed by atoms with van der Waals surface area (Å²) in [4.78, 5) is 0. The average molecular weight is 239 g/mol. The van der Waals surface area contributed by atoms with Crippen LogP contribution in [0.15, 0.2) is 0 Å². The highest BCUT2D eigenvalue weighted by Gasteiger charge is 2.19. The molecule has 1 atom stereocenters. The molecular formula is C9H21NO4S. The van der Waals surface area contributed by atoms with Crippen LogP contribution in [-0.4, -0.2) is 52.9 Å². The van der Waals surface area contributed by atoms with Gasteiger partial charge < -0.3 is 15.2 Å². The summed E-state index contributed by atoms with van der Waals surface area (Å²) < 4.78 is 33.0. The van der Waals surface area contributed by atoms with E-state index in [0.717, 1.165) is 0 Å². The summed E-state index contributed by atoms with van der Waals surface area (Å²) in [6.07, 6.45) is 0.500. The van der Waals surface area contributed by atoms with E-state index in [1.54, 1.807) is 14.0 Å². The molecule has 15 heavy (non-hydrogen) atoms. The lowest BCUT2D eigenvalue weighted by molar-refractivity contribution is 0.0784. The van der Waals surface area contributed by atoms with Crippen LogP contribution in [0, 0.1) is 0 Å². The Morgan fingerprint density at radius 2 is 1.93 bits per heavy atom. The highest BCUT2D eigenvalue weighted by Crippen LogP contribution is 2.05. The molecule has 92 valence electrons. The number of nitrogens with two attached hydrogens (primary N) is 1. The van der Waals surface area contributed by atoms with Crippen LogP contribution >= 0.6 is 0 Å². The van der Waals surface area contributed by atoms with Crippen molar-refractivity contribution in [2.24, 2.45) is 5.73 Å². The lowest BCUT2D eigenvalue weighted by atomic mass is 10.3. The van der Waals surface area contributed by atoms with Crippen LogP contribution in [0.2, 0.25) is 0 Å². The molecule has 0 radical (unpaired) electrons. The molecule has 0 aliphatic heterocycles. The van der Waals surface area contributed by atoms with E-state index in [-0.39, 0.29) is 17.6 Å². The van der Waals surface area contributed by atoms with E-state index < -0.39 is 9.84 Å². The van der Waals surface area contributed by atoms with Crippen molar-refractivity contribution in [1.29, 1.82) is 0 Å². The first kappa shape index (κ1) is 14.8. The third kappa shape index (κ3) is 6.83. The van der Waals surface area contributed by atoms with Crippen molar-refractivity contribution in [2.45, 2.75) is 18.6 Å². The topological polar surface area (TPSA) is 78.6 Å². The number of methoxy groups -OCH3 is 1. The van der Waals surface area contributed by atoms with E-state index in [2.05, 4.69) is 0 Å². The molecule has 1 unspecified atom stereocenters. The maximum atomic E-state index is 11.6. The Kier molecular flexibility index (Phi) is 7.95. The lowest BCUT2D eigenvalue weighted by Gasteiger charge is -2.11.